The smallest absolute Gasteiger partial charge is 0.305 e. The Hall–Kier alpha value is -2.57. The van der Waals surface area contributed by atoms with Crippen molar-refractivity contribution in [1.82, 2.24) is 10.6 Å². The zero-order chi connectivity index (χ0) is 22.1. The maximum absolute atomic E-state index is 12.3. The summed E-state index contributed by atoms with van der Waals surface area (Å²) in [6.45, 7) is 0.567. The molecule has 0 fully saturated rings. The van der Waals surface area contributed by atoms with Crippen LogP contribution in [0.3, 0.4) is 0 Å². The van der Waals surface area contributed by atoms with Crippen LogP contribution in [0.4, 0.5) is 0 Å². The molecule has 6 atom stereocenters. The van der Waals surface area contributed by atoms with E-state index >= 15 is 0 Å². The van der Waals surface area contributed by atoms with Crippen molar-refractivity contribution in [3.63, 3.8) is 0 Å². The molecule has 1 aromatic carbocycles. The minimum Gasteiger partial charge on any atom is -0.481 e. The van der Waals surface area contributed by atoms with Crippen LogP contribution in [0.2, 0.25) is 0 Å². The van der Waals surface area contributed by atoms with E-state index in [1.165, 1.54) is 6.92 Å². The Kier molecular flexibility index (Phi) is 9.65. The SMILES string of the molecule is CC(N)C(=O)NC(CO)C(O)C(O)C(O)C(=O)NC(CC(=O)O)c1ccccc1. The summed E-state index contributed by atoms with van der Waals surface area (Å²) in [4.78, 5) is 35.0. The van der Waals surface area contributed by atoms with Gasteiger partial charge in [0.1, 0.15) is 12.2 Å². The molecule has 0 aliphatic heterocycles. The van der Waals surface area contributed by atoms with E-state index in [-0.39, 0.29) is 0 Å². The topological polar surface area (TPSA) is 202 Å². The molecule has 0 aromatic heterocycles. The molecule has 11 heteroatoms. The summed E-state index contributed by atoms with van der Waals surface area (Å²) in [5.41, 5.74) is 5.83. The van der Waals surface area contributed by atoms with Gasteiger partial charge in [0, 0.05) is 0 Å². The fourth-order valence-electron chi connectivity index (χ4n) is 2.50. The largest absolute Gasteiger partial charge is 0.481 e. The average Bonchev–Trinajstić information content (AvgIpc) is 2.69. The molecule has 162 valence electrons. The predicted molar refractivity (Wildman–Crippen MR) is 100 cm³/mol. The molecule has 0 heterocycles. The zero-order valence-corrected chi connectivity index (χ0v) is 15.8. The number of carboxylic acid groups (broad SMARTS) is 1. The first-order chi connectivity index (χ1) is 13.6. The molecule has 0 spiro atoms. The third kappa shape index (κ3) is 7.40. The molecule has 11 nitrogen and oxygen atoms in total. The van der Waals surface area contributed by atoms with Gasteiger partial charge in [-0.1, -0.05) is 30.3 Å². The standard InChI is InChI=1S/C18H27N3O8/c1-9(19)17(28)21-12(8-22)14(25)15(26)16(27)18(29)20-11(7-13(23)24)10-5-3-2-4-6-10/h2-6,9,11-12,14-16,22,25-27H,7-8,19H2,1H3,(H,20,29)(H,21,28)(H,23,24). The van der Waals surface area contributed by atoms with Gasteiger partial charge in [0.25, 0.3) is 5.91 Å². The van der Waals surface area contributed by atoms with Crippen molar-refractivity contribution in [3.8, 4) is 0 Å². The van der Waals surface area contributed by atoms with Crippen LogP contribution in [-0.2, 0) is 14.4 Å². The molecule has 2 amide bonds. The summed E-state index contributed by atoms with van der Waals surface area (Å²) in [7, 11) is 0. The number of carboxylic acids is 1. The first-order valence-electron chi connectivity index (χ1n) is 8.86. The Morgan fingerprint density at radius 1 is 1.00 bits per heavy atom. The fraction of sp³-hybridized carbons (Fsp3) is 0.500. The molecule has 0 bridgehead atoms. The number of hydrogen-bond donors (Lipinski definition) is 8. The molecular formula is C18H27N3O8. The lowest BCUT2D eigenvalue weighted by atomic mass is 9.99. The van der Waals surface area contributed by atoms with Crippen molar-refractivity contribution >= 4 is 17.8 Å². The maximum Gasteiger partial charge on any atom is 0.305 e. The minimum atomic E-state index is -2.16. The van der Waals surface area contributed by atoms with Gasteiger partial charge in [0.2, 0.25) is 5.91 Å². The highest BCUT2D eigenvalue weighted by molar-refractivity contribution is 5.83. The van der Waals surface area contributed by atoms with Crippen LogP contribution in [0.5, 0.6) is 0 Å². The van der Waals surface area contributed by atoms with Crippen LogP contribution in [-0.4, -0.2) is 80.3 Å². The number of amides is 2. The van der Waals surface area contributed by atoms with Gasteiger partial charge in [0.05, 0.1) is 31.2 Å². The van der Waals surface area contributed by atoms with Gasteiger partial charge in [-0.15, -0.1) is 0 Å². The first-order valence-corrected chi connectivity index (χ1v) is 8.86. The Morgan fingerprint density at radius 3 is 2.07 bits per heavy atom. The zero-order valence-electron chi connectivity index (χ0n) is 15.8. The minimum absolute atomic E-state index is 0.461. The number of carbonyl (C=O) groups is 3. The van der Waals surface area contributed by atoms with Crippen LogP contribution in [0, 0.1) is 0 Å². The van der Waals surface area contributed by atoms with Crippen LogP contribution >= 0.6 is 0 Å². The summed E-state index contributed by atoms with van der Waals surface area (Å²) >= 11 is 0. The highest BCUT2D eigenvalue weighted by Gasteiger charge is 2.36. The van der Waals surface area contributed by atoms with Crippen molar-refractivity contribution < 1.29 is 39.9 Å². The van der Waals surface area contributed by atoms with E-state index in [9.17, 15) is 34.8 Å². The number of nitrogens with two attached hydrogens (primary N) is 1. The summed E-state index contributed by atoms with van der Waals surface area (Å²) in [6, 6.07) is 4.79. The van der Waals surface area contributed by atoms with Crippen molar-refractivity contribution in [2.45, 2.75) is 49.8 Å². The van der Waals surface area contributed by atoms with Gasteiger partial charge >= 0.3 is 5.97 Å². The van der Waals surface area contributed by atoms with Crippen LogP contribution in [0.25, 0.3) is 0 Å². The van der Waals surface area contributed by atoms with Gasteiger partial charge < -0.3 is 41.9 Å². The molecule has 0 saturated heterocycles. The first kappa shape index (κ1) is 24.5. The number of aliphatic hydroxyl groups excluding tert-OH is 4. The second-order valence-electron chi connectivity index (χ2n) is 6.58. The maximum atomic E-state index is 12.3. The van der Waals surface area contributed by atoms with E-state index in [1.807, 2.05) is 0 Å². The number of benzene rings is 1. The molecule has 1 aromatic rings. The predicted octanol–water partition coefficient (Wildman–Crippen LogP) is -2.77. The van der Waals surface area contributed by atoms with Crippen molar-refractivity contribution in [2.75, 3.05) is 6.61 Å². The molecule has 1 rings (SSSR count). The fourth-order valence-corrected chi connectivity index (χ4v) is 2.50. The van der Waals surface area contributed by atoms with Crippen LogP contribution in [0.1, 0.15) is 24.9 Å². The second-order valence-corrected chi connectivity index (χ2v) is 6.58. The summed E-state index contributed by atoms with van der Waals surface area (Å²) < 4.78 is 0. The second kappa shape index (κ2) is 11.4. The monoisotopic (exact) mass is 413 g/mol. The van der Waals surface area contributed by atoms with E-state index in [4.69, 9.17) is 10.8 Å². The number of rotatable bonds is 11. The van der Waals surface area contributed by atoms with E-state index in [2.05, 4.69) is 10.6 Å². The Balaban J connectivity index is 2.85. The third-order valence-electron chi connectivity index (χ3n) is 4.19. The lowest BCUT2D eigenvalue weighted by Gasteiger charge is -2.29. The van der Waals surface area contributed by atoms with Crippen LogP contribution in [0.15, 0.2) is 30.3 Å². The van der Waals surface area contributed by atoms with E-state index < -0.39 is 67.2 Å². The van der Waals surface area contributed by atoms with Crippen molar-refractivity contribution in [3.05, 3.63) is 35.9 Å². The summed E-state index contributed by atoms with van der Waals surface area (Å²) in [5, 5.41) is 53.2. The van der Waals surface area contributed by atoms with Gasteiger partial charge in [-0.3, -0.25) is 14.4 Å². The van der Waals surface area contributed by atoms with E-state index in [1.54, 1.807) is 30.3 Å². The van der Waals surface area contributed by atoms with Crippen molar-refractivity contribution in [2.24, 2.45) is 5.73 Å². The molecule has 0 aliphatic rings. The van der Waals surface area contributed by atoms with Gasteiger partial charge in [0.15, 0.2) is 6.10 Å². The Labute approximate surface area is 167 Å². The number of hydrogen-bond acceptors (Lipinski definition) is 8. The number of nitrogens with one attached hydrogen (secondary N) is 2. The summed E-state index contributed by atoms with van der Waals surface area (Å²) in [5.74, 6) is -3.06. The van der Waals surface area contributed by atoms with E-state index in [0.717, 1.165) is 0 Å². The molecule has 6 unspecified atom stereocenters. The highest BCUT2D eigenvalue weighted by Crippen LogP contribution is 2.17. The van der Waals surface area contributed by atoms with Crippen LogP contribution < -0.4 is 16.4 Å². The molecule has 0 aliphatic carbocycles. The number of carbonyl (C=O) groups excluding carboxylic acids is 2. The Bertz CT molecular complexity index is 685. The Morgan fingerprint density at radius 2 is 1.59 bits per heavy atom. The molecule has 29 heavy (non-hydrogen) atoms. The lowest BCUT2D eigenvalue weighted by molar-refractivity contribution is -0.144. The van der Waals surface area contributed by atoms with Gasteiger partial charge in [-0.25, -0.2) is 0 Å². The molecule has 0 radical (unpaired) electrons. The van der Waals surface area contributed by atoms with Gasteiger partial charge in [-0.05, 0) is 12.5 Å². The highest BCUT2D eigenvalue weighted by atomic mass is 16.4. The third-order valence-corrected chi connectivity index (χ3v) is 4.19. The molecule has 9 N–H and O–H groups in total. The van der Waals surface area contributed by atoms with Gasteiger partial charge in [-0.2, -0.15) is 0 Å². The lowest BCUT2D eigenvalue weighted by Crippen LogP contribution is -2.58. The summed E-state index contributed by atoms with van der Waals surface area (Å²) in [6.07, 6.45) is -6.63. The quantitative estimate of drug-likeness (QED) is 0.189. The molecular weight excluding hydrogens is 386 g/mol. The normalized spacial score (nSPS) is 17.3. The number of aliphatic carboxylic acids is 1. The van der Waals surface area contributed by atoms with E-state index in [0.29, 0.717) is 5.56 Å². The average molecular weight is 413 g/mol. The van der Waals surface area contributed by atoms with Crippen molar-refractivity contribution in [1.29, 1.82) is 0 Å². The number of aliphatic hydroxyl groups is 4. The molecule has 0 saturated carbocycles.